The van der Waals surface area contributed by atoms with Gasteiger partial charge in [-0.1, -0.05) is 38.1 Å². The molecule has 0 spiro atoms. The first-order chi connectivity index (χ1) is 9.11. The molecule has 2 N–H and O–H groups in total. The Bertz CT molecular complexity index is 388. The molecule has 1 aliphatic rings. The van der Waals surface area contributed by atoms with Crippen LogP contribution in [0.15, 0.2) is 24.3 Å². The van der Waals surface area contributed by atoms with Gasteiger partial charge < -0.3 is 10.5 Å². The second-order valence-electron chi connectivity index (χ2n) is 5.91. The first-order valence-electron chi connectivity index (χ1n) is 7.22. The molecule has 2 rings (SSSR count). The number of benzene rings is 1. The largest absolute Gasteiger partial charge is 0.374 e. The minimum absolute atomic E-state index is 0.106. The Morgan fingerprint density at radius 1 is 1.32 bits per heavy atom. The maximum absolute atomic E-state index is 5.84. The van der Waals surface area contributed by atoms with E-state index in [1.807, 2.05) is 0 Å². The van der Waals surface area contributed by atoms with Crippen LogP contribution in [0.3, 0.4) is 0 Å². The fourth-order valence-corrected chi connectivity index (χ4v) is 2.85. The lowest BCUT2D eigenvalue weighted by atomic mass is 9.95. The van der Waals surface area contributed by atoms with Crippen LogP contribution in [-0.4, -0.2) is 37.7 Å². The molecule has 0 amide bonds. The molecule has 0 radical (unpaired) electrons. The zero-order valence-corrected chi connectivity index (χ0v) is 12.3. The molecule has 0 saturated carbocycles. The van der Waals surface area contributed by atoms with E-state index in [0.29, 0.717) is 12.5 Å². The highest BCUT2D eigenvalue weighted by molar-refractivity contribution is 5.26. The van der Waals surface area contributed by atoms with Crippen molar-refractivity contribution in [3.63, 3.8) is 0 Å². The van der Waals surface area contributed by atoms with Gasteiger partial charge in [0.05, 0.1) is 18.8 Å². The third kappa shape index (κ3) is 3.56. The topological polar surface area (TPSA) is 38.5 Å². The van der Waals surface area contributed by atoms with E-state index in [9.17, 15) is 0 Å². The van der Waals surface area contributed by atoms with Gasteiger partial charge in [0.15, 0.2) is 0 Å². The van der Waals surface area contributed by atoms with E-state index in [1.54, 1.807) is 0 Å². The second kappa shape index (κ2) is 6.51. The van der Waals surface area contributed by atoms with Gasteiger partial charge in [0.1, 0.15) is 0 Å². The van der Waals surface area contributed by atoms with E-state index in [0.717, 1.165) is 19.6 Å². The molecular weight excluding hydrogens is 236 g/mol. The Balaban J connectivity index is 2.15. The Hall–Kier alpha value is -0.900. The van der Waals surface area contributed by atoms with Crippen LogP contribution < -0.4 is 5.73 Å². The summed E-state index contributed by atoms with van der Waals surface area (Å²) in [6, 6.07) is 9.23. The third-order valence-corrected chi connectivity index (χ3v) is 3.80. The van der Waals surface area contributed by atoms with E-state index < -0.39 is 0 Å². The summed E-state index contributed by atoms with van der Waals surface area (Å²) in [4.78, 5) is 2.35. The molecule has 1 fully saturated rings. The summed E-state index contributed by atoms with van der Waals surface area (Å²) >= 11 is 0. The molecule has 1 aliphatic heterocycles. The number of nitrogens with zero attached hydrogens (tertiary/aromatic N) is 1. The van der Waals surface area contributed by atoms with E-state index in [4.69, 9.17) is 10.5 Å². The number of nitrogens with two attached hydrogens (primary N) is 1. The van der Waals surface area contributed by atoms with Crippen molar-refractivity contribution in [3.8, 4) is 0 Å². The lowest BCUT2D eigenvalue weighted by molar-refractivity contribution is -0.0576. The van der Waals surface area contributed by atoms with Crippen LogP contribution in [0.2, 0.25) is 0 Å². The zero-order chi connectivity index (χ0) is 13.8. The van der Waals surface area contributed by atoms with Gasteiger partial charge in [-0.15, -0.1) is 0 Å². The van der Waals surface area contributed by atoms with E-state index in [-0.39, 0.29) is 12.1 Å². The molecule has 19 heavy (non-hydrogen) atoms. The van der Waals surface area contributed by atoms with Crippen LogP contribution in [0.4, 0.5) is 0 Å². The molecule has 0 aromatic heterocycles. The summed E-state index contributed by atoms with van der Waals surface area (Å²) in [5.41, 5.74) is 8.55. The highest BCUT2D eigenvalue weighted by atomic mass is 16.5. The normalized spacial score (nSPS) is 24.9. The van der Waals surface area contributed by atoms with Crippen molar-refractivity contribution in [1.29, 1.82) is 0 Å². The summed E-state index contributed by atoms with van der Waals surface area (Å²) in [7, 11) is 2.15. The fraction of sp³-hybridized carbons (Fsp3) is 0.625. The average molecular weight is 262 g/mol. The van der Waals surface area contributed by atoms with Crippen LogP contribution in [0.5, 0.6) is 0 Å². The summed E-state index contributed by atoms with van der Waals surface area (Å²) in [5.74, 6) is 0.698. The highest BCUT2D eigenvalue weighted by Crippen LogP contribution is 2.28. The summed E-state index contributed by atoms with van der Waals surface area (Å²) in [6.07, 6.45) is 1.24. The summed E-state index contributed by atoms with van der Waals surface area (Å²) < 4.78 is 5.79. The number of likely N-dealkylation sites (N-methyl/N-ethyl adjacent to an activating group) is 1. The van der Waals surface area contributed by atoms with Crippen LogP contribution in [0.25, 0.3) is 0 Å². The van der Waals surface area contributed by atoms with E-state index >= 15 is 0 Å². The zero-order valence-electron chi connectivity index (χ0n) is 12.3. The van der Waals surface area contributed by atoms with Crippen LogP contribution >= 0.6 is 0 Å². The predicted molar refractivity (Wildman–Crippen MR) is 79.1 cm³/mol. The predicted octanol–water partition coefficient (Wildman–Crippen LogP) is 2.22. The van der Waals surface area contributed by atoms with Crippen molar-refractivity contribution in [2.45, 2.75) is 32.4 Å². The Labute approximate surface area is 116 Å². The lowest BCUT2D eigenvalue weighted by Gasteiger charge is -2.39. The minimum atomic E-state index is 0.106. The molecule has 0 bridgehead atoms. The smallest absolute Gasteiger partial charge is 0.0894 e. The Morgan fingerprint density at radius 2 is 2.00 bits per heavy atom. The number of hydrogen-bond donors (Lipinski definition) is 1. The number of rotatable bonds is 4. The molecule has 1 aromatic rings. The molecule has 3 nitrogen and oxygen atoms in total. The molecule has 2 unspecified atom stereocenters. The van der Waals surface area contributed by atoms with Crippen LogP contribution in [0, 0.1) is 5.92 Å². The lowest BCUT2D eigenvalue weighted by Crippen LogP contribution is -2.46. The van der Waals surface area contributed by atoms with Crippen molar-refractivity contribution in [2.24, 2.45) is 11.7 Å². The Kier molecular flexibility index (Phi) is 4.97. The SMILES string of the molecule is CC(C)Cc1ccc(C2C(CN)OCCN2C)cc1. The van der Waals surface area contributed by atoms with Crippen LogP contribution in [0.1, 0.15) is 31.0 Å². The Morgan fingerprint density at radius 3 is 2.58 bits per heavy atom. The molecule has 1 aromatic carbocycles. The molecule has 0 aliphatic carbocycles. The number of morpholine rings is 1. The molecule has 2 atom stereocenters. The maximum Gasteiger partial charge on any atom is 0.0894 e. The van der Waals surface area contributed by atoms with Gasteiger partial charge in [-0.25, -0.2) is 0 Å². The summed E-state index contributed by atoms with van der Waals surface area (Å²) in [6.45, 7) is 6.82. The van der Waals surface area contributed by atoms with Crippen LogP contribution in [-0.2, 0) is 11.2 Å². The van der Waals surface area contributed by atoms with Gasteiger partial charge in [0.25, 0.3) is 0 Å². The maximum atomic E-state index is 5.84. The summed E-state index contributed by atoms with van der Waals surface area (Å²) in [5, 5.41) is 0. The van der Waals surface area contributed by atoms with Gasteiger partial charge in [-0.2, -0.15) is 0 Å². The quantitative estimate of drug-likeness (QED) is 0.904. The first kappa shape index (κ1) is 14.5. The molecular formula is C16H26N2O. The van der Waals surface area contributed by atoms with Crippen molar-refractivity contribution in [2.75, 3.05) is 26.7 Å². The van der Waals surface area contributed by atoms with E-state index in [1.165, 1.54) is 11.1 Å². The van der Waals surface area contributed by atoms with E-state index in [2.05, 4.69) is 50.1 Å². The van der Waals surface area contributed by atoms with Gasteiger partial charge >= 0.3 is 0 Å². The van der Waals surface area contributed by atoms with Crippen molar-refractivity contribution < 1.29 is 4.74 Å². The van der Waals surface area contributed by atoms with Gasteiger partial charge in [0.2, 0.25) is 0 Å². The van der Waals surface area contributed by atoms with Gasteiger partial charge in [0, 0.05) is 13.1 Å². The number of hydrogen-bond acceptors (Lipinski definition) is 3. The van der Waals surface area contributed by atoms with Crippen molar-refractivity contribution >= 4 is 0 Å². The minimum Gasteiger partial charge on any atom is -0.374 e. The highest BCUT2D eigenvalue weighted by Gasteiger charge is 2.30. The molecule has 3 heteroatoms. The standard InChI is InChI=1S/C16H26N2O/c1-12(2)10-13-4-6-14(7-5-13)16-15(11-17)19-9-8-18(16)3/h4-7,12,15-16H,8-11,17H2,1-3H3. The average Bonchev–Trinajstić information content (AvgIpc) is 2.39. The van der Waals surface area contributed by atoms with Gasteiger partial charge in [-0.3, -0.25) is 4.90 Å². The van der Waals surface area contributed by atoms with Gasteiger partial charge in [-0.05, 0) is 30.5 Å². The van der Waals surface area contributed by atoms with Crippen molar-refractivity contribution in [1.82, 2.24) is 4.90 Å². The monoisotopic (exact) mass is 262 g/mol. The first-order valence-corrected chi connectivity index (χ1v) is 7.22. The molecule has 1 heterocycles. The fourth-order valence-electron chi connectivity index (χ4n) is 2.85. The molecule has 106 valence electrons. The number of ether oxygens (including phenoxy) is 1. The second-order valence-corrected chi connectivity index (χ2v) is 5.91. The third-order valence-electron chi connectivity index (χ3n) is 3.80. The van der Waals surface area contributed by atoms with Crippen molar-refractivity contribution in [3.05, 3.63) is 35.4 Å². The molecule has 1 saturated heterocycles.